The van der Waals surface area contributed by atoms with E-state index in [1.165, 1.54) is 24.3 Å². The molecule has 2 aromatic heterocycles. The molecule has 9 heteroatoms. The van der Waals surface area contributed by atoms with Gasteiger partial charge < -0.3 is 14.5 Å². The summed E-state index contributed by atoms with van der Waals surface area (Å²) in [5.41, 5.74) is 2.63. The van der Waals surface area contributed by atoms with Crippen LogP contribution in [0.15, 0.2) is 30.3 Å². The van der Waals surface area contributed by atoms with Crippen molar-refractivity contribution in [2.45, 2.75) is 13.8 Å². The van der Waals surface area contributed by atoms with Gasteiger partial charge in [-0.2, -0.15) is 5.10 Å². The minimum absolute atomic E-state index is 0.0929. The molecule has 1 aliphatic heterocycles. The highest BCUT2D eigenvalue weighted by Crippen LogP contribution is 2.22. The maximum Gasteiger partial charge on any atom is 0.260 e. The summed E-state index contributed by atoms with van der Waals surface area (Å²) < 4.78 is 18.4. The van der Waals surface area contributed by atoms with Crippen molar-refractivity contribution in [2.24, 2.45) is 0 Å². The standard InChI is InChI=1S/C21H22FN5O3/c1-13-11-17(19-14(2)24-25-20(19)23-13)21(29)27-9-7-26(8-10-27)18(28)12-30-16-5-3-15(22)4-6-16/h3-6,11H,7-10,12H2,1-2H3,(H,23,24,25). The zero-order chi connectivity index (χ0) is 21.3. The van der Waals surface area contributed by atoms with Crippen molar-refractivity contribution in [3.8, 4) is 5.75 Å². The van der Waals surface area contributed by atoms with E-state index in [-0.39, 0.29) is 24.2 Å². The van der Waals surface area contributed by atoms with E-state index >= 15 is 0 Å². The minimum atomic E-state index is -0.359. The summed E-state index contributed by atoms with van der Waals surface area (Å²) in [7, 11) is 0. The van der Waals surface area contributed by atoms with Crippen molar-refractivity contribution < 1.29 is 18.7 Å². The van der Waals surface area contributed by atoms with Crippen molar-refractivity contribution in [2.75, 3.05) is 32.8 Å². The zero-order valence-corrected chi connectivity index (χ0v) is 16.8. The minimum Gasteiger partial charge on any atom is -0.484 e. The number of aromatic amines is 1. The monoisotopic (exact) mass is 411 g/mol. The number of fused-ring (bicyclic) bond motifs is 1. The molecular formula is C21H22FN5O3. The number of nitrogens with zero attached hydrogens (tertiary/aromatic N) is 4. The molecule has 4 rings (SSSR count). The van der Waals surface area contributed by atoms with Crippen LogP contribution in [0.25, 0.3) is 11.0 Å². The number of hydrogen-bond donors (Lipinski definition) is 1. The largest absolute Gasteiger partial charge is 0.484 e. The lowest BCUT2D eigenvalue weighted by Crippen LogP contribution is -2.51. The average Bonchev–Trinajstić information content (AvgIpc) is 3.12. The van der Waals surface area contributed by atoms with Crippen molar-refractivity contribution in [3.63, 3.8) is 0 Å². The topological polar surface area (TPSA) is 91.4 Å². The molecule has 156 valence electrons. The van der Waals surface area contributed by atoms with E-state index in [1.54, 1.807) is 15.9 Å². The number of carbonyl (C=O) groups is 2. The van der Waals surface area contributed by atoms with Gasteiger partial charge in [0.1, 0.15) is 11.6 Å². The van der Waals surface area contributed by atoms with E-state index < -0.39 is 0 Å². The molecule has 3 aromatic rings. The molecule has 0 aliphatic carbocycles. The second kappa shape index (κ2) is 8.10. The second-order valence-corrected chi connectivity index (χ2v) is 7.27. The van der Waals surface area contributed by atoms with Crippen LogP contribution in [0.4, 0.5) is 4.39 Å². The van der Waals surface area contributed by atoms with E-state index in [9.17, 15) is 14.0 Å². The molecule has 1 saturated heterocycles. The normalized spacial score (nSPS) is 14.2. The van der Waals surface area contributed by atoms with Gasteiger partial charge in [-0.15, -0.1) is 0 Å². The molecule has 2 amide bonds. The summed E-state index contributed by atoms with van der Waals surface area (Å²) in [6.45, 7) is 5.28. The number of aromatic nitrogens is 3. The molecule has 1 fully saturated rings. The molecule has 1 aliphatic rings. The first-order valence-corrected chi connectivity index (χ1v) is 9.70. The lowest BCUT2D eigenvalue weighted by molar-refractivity contribution is -0.134. The molecule has 30 heavy (non-hydrogen) atoms. The van der Waals surface area contributed by atoms with Gasteiger partial charge in [0.25, 0.3) is 11.8 Å². The Hall–Kier alpha value is -3.49. The highest BCUT2D eigenvalue weighted by Gasteiger charge is 2.27. The van der Waals surface area contributed by atoms with Crippen molar-refractivity contribution in [1.82, 2.24) is 25.0 Å². The van der Waals surface area contributed by atoms with Crippen LogP contribution in [0, 0.1) is 19.7 Å². The number of rotatable bonds is 4. The Morgan fingerprint density at radius 2 is 1.77 bits per heavy atom. The highest BCUT2D eigenvalue weighted by atomic mass is 19.1. The summed E-state index contributed by atoms with van der Waals surface area (Å²) in [5.74, 6) is -0.184. The Morgan fingerprint density at radius 3 is 2.47 bits per heavy atom. The molecule has 0 bridgehead atoms. The predicted molar refractivity (Wildman–Crippen MR) is 108 cm³/mol. The highest BCUT2D eigenvalue weighted by molar-refractivity contribution is 6.06. The van der Waals surface area contributed by atoms with E-state index in [2.05, 4.69) is 15.2 Å². The Morgan fingerprint density at radius 1 is 1.10 bits per heavy atom. The fourth-order valence-corrected chi connectivity index (χ4v) is 3.57. The van der Waals surface area contributed by atoms with Gasteiger partial charge in [0.15, 0.2) is 12.3 Å². The first kappa shape index (κ1) is 19.8. The first-order valence-electron chi connectivity index (χ1n) is 9.70. The van der Waals surface area contributed by atoms with Crippen LogP contribution in [0.1, 0.15) is 21.7 Å². The average molecular weight is 411 g/mol. The Bertz CT molecular complexity index is 1090. The van der Waals surface area contributed by atoms with Crippen LogP contribution in [0.5, 0.6) is 5.75 Å². The molecule has 0 unspecified atom stereocenters. The van der Waals surface area contributed by atoms with Gasteiger partial charge in [-0.1, -0.05) is 0 Å². The lowest BCUT2D eigenvalue weighted by atomic mass is 10.1. The number of ether oxygens (including phenoxy) is 1. The second-order valence-electron chi connectivity index (χ2n) is 7.27. The quantitative estimate of drug-likeness (QED) is 0.710. The van der Waals surface area contributed by atoms with Gasteiger partial charge in [-0.05, 0) is 44.2 Å². The van der Waals surface area contributed by atoms with Crippen LogP contribution in [0.3, 0.4) is 0 Å². The lowest BCUT2D eigenvalue weighted by Gasteiger charge is -2.34. The molecule has 8 nitrogen and oxygen atoms in total. The molecule has 3 heterocycles. The van der Waals surface area contributed by atoms with E-state index in [4.69, 9.17) is 4.74 Å². The molecule has 0 spiro atoms. The number of H-pyrrole nitrogens is 1. The zero-order valence-electron chi connectivity index (χ0n) is 16.8. The Balaban J connectivity index is 1.37. The molecule has 1 N–H and O–H groups in total. The van der Waals surface area contributed by atoms with Crippen LogP contribution >= 0.6 is 0 Å². The van der Waals surface area contributed by atoms with Crippen LogP contribution in [0.2, 0.25) is 0 Å². The Kier molecular flexibility index (Phi) is 5.35. The number of benzene rings is 1. The molecule has 0 saturated carbocycles. The van der Waals surface area contributed by atoms with Gasteiger partial charge in [0, 0.05) is 37.6 Å². The van der Waals surface area contributed by atoms with Crippen molar-refractivity contribution in [1.29, 1.82) is 0 Å². The molecular weight excluding hydrogens is 389 g/mol. The van der Waals surface area contributed by atoms with Gasteiger partial charge >= 0.3 is 0 Å². The van der Waals surface area contributed by atoms with Gasteiger partial charge in [0.2, 0.25) is 0 Å². The fraction of sp³-hybridized carbons (Fsp3) is 0.333. The summed E-state index contributed by atoms with van der Waals surface area (Å²) in [5, 5.41) is 7.78. The number of carbonyl (C=O) groups excluding carboxylic acids is 2. The van der Waals surface area contributed by atoms with Crippen LogP contribution in [-0.4, -0.2) is 69.6 Å². The number of amides is 2. The molecule has 1 aromatic carbocycles. The number of hydrogen-bond acceptors (Lipinski definition) is 5. The first-order chi connectivity index (χ1) is 14.4. The summed E-state index contributed by atoms with van der Waals surface area (Å²) >= 11 is 0. The predicted octanol–water partition coefficient (Wildman–Crippen LogP) is 2.08. The van der Waals surface area contributed by atoms with Gasteiger partial charge in [-0.3, -0.25) is 14.7 Å². The summed E-state index contributed by atoms with van der Waals surface area (Å²) in [6.07, 6.45) is 0. The summed E-state index contributed by atoms with van der Waals surface area (Å²) in [6, 6.07) is 7.30. The number of nitrogens with one attached hydrogen (secondary N) is 1. The van der Waals surface area contributed by atoms with Crippen LogP contribution < -0.4 is 4.74 Å². The molecule has 0 atom stereocenters. The van der Waals surface area contributed by atoms with E-state index in [1.807, 2.05) is 13.8 Å². The number of piperazine rings is 1. The van der Waals surface area contributed by atoms with E-state index in [0.29, 0.717) is 43.1 Å². The van der Waals surface area contributed by atoms with E-state index in [0.717, 1.165) is 16.8 Å². The number of pyridine rings is 1. The van der Waals surface area contributed by atoms with Gasteiger partial charge in [0.05, 0.1) is 10.9 Å². The third-order valence-corrected chi connectivity index (χ3v) is 5.16. The molecule has 0 radical (unpaired) electrons. The van der Waals surface area contributed by atoms with Crippen LogP contribution in [-0.2, 0) is 4.79 Å². The SMILES string of the molecule is Cc1cc(C(=O)N2CCN(C(=O)COc3ccc(F)cc3)CC2)c2c(C)[nH]nc2n1. The van der Waals surface area contributed by atoms with Crippen molar-refractivity contribution >= 4 is 22.8 Å². The number of aryl methyl sites for hydroxylation is 2. The Labute approximate surface area is 172 Å². The summed E-state index contributed by atoms with van der Waals surface area (Å²) in [4.78, 5) is 33.3. The third-order valence-electron chi connectivity index (χ3n) is 5.16. The van der Waals surface area contributed by atoms with Gasteiger partial charge in [-0.25, -0.2) is 9.37 Å². The maximum atomic E-state index is 13.1. The smallest absolute Gasteiger partial charge is 0.260 e. The van der Waals surface area contributed by atoms with Crippen molar-refractivity contribution in [3.05, 3.63) is 53.1 Å². The third kappa shape index (κ3) is 3.96. The maximum absolute atomic E-state index is 13.1. The number of halogens is 1. The fourth-order valence-electron chi connectivity index (χ4n) is 3.57.